The van der Waals surface area contributed by atoms with Gasteiger partial charge < -0.3 is 0 Å². The zero-order valence-electron chi connectivity index (χ0n) is 10.1. The summed E-state index contributed by atoms with van der Waals surface area (Å²) in [6.45, 7) is 3.88. The lowest BCUT2D eigenvalue weighted by atomic mass is 10.0. The molecule has 90 valence electrons. The molecule has 3 heteroatoms. The number of pyridine rings is 1. The molecule has 1 aliphatic heterocycles. The number of aromatic nitrogens is 1. The molecule has 2 heterocycles. The van der Waals surface area contributed by atoms with Crippen LogP contribution < -0.4 is 0 Å². The Balaban J connectivity index is 2.29. The van der Waals surface area contributed by atoms with Crippen LogP contribution in [0.4, 0.5) is 0 Å². The third-order valence-corrected chi connectivity index (χ3v) is 3.66. The second kappa shape index (κ2) is 5.53. The lowest BCUT2D eigenvalue weighted by Gasteiger charge is -2.23. The highest BCUT2D eigenvalue weighted by Gasteiger charge is 2.27. The third-order valence-electron chi connectivity index (χ3n) is 3.35. The van der Waals surface area contributed by atoms with Crippen LogP contribution in [0.25, 0.3) is 0 Å². The molecule has 17 heavy (non-hydrogen) atoms. The van der Waals surface area contributed by atoms with Crippen LogP contribution in [-0.2, 0) is 6.42 Å². The number of terminal acetylenes is 1. The van der Waals surface area contributed by atoms with Gasteiger partial charge in [0.1, 0.15) is 5.15 Å². The summed E-state index contributed by atoms with van der Waals surface area (Å²) in [5.74, 6) is 2.72. The quantitative estimate of drug-likeness (QED) is 0.604. The molecule has 0 bridgehead atoms. The van der Waals surface area contributed by atoms with Crippen molar-refractivity contribution >= 4 is 11.6 Å². The fourth-order valence-corrected chi connectivity index (χ4v) is 2.65. The van der Waals surface area contributed by atoms with Gasteiger partial charge >= 0.3 is 0 Å². The van der Waals surface area contributed by atoms with Crippen LogP contribution in [0.1, 0.15) is 36.9 Å². The first-order chi connectivity index (χ1) is 8.26. The van der Waals surface area contributed by atoms with E-state index in [-0.39, 0.29) is 0 Å². The molecular formula is C14H17ClN2. The molecule has 1 aromatic heterocycles. The van der Waals surface area contributed by atoms with Crippen molar-refractivity contribution in [3.8, 4) is 12.3 Å². The minimum Gasteiger partial charge on any atom is -0.285 e. The zero-order valence-corrected chi connectivity index (χ0v) is 10.9. The van der Waals surface area contributed by atoms with Crippen molar-refractivity contribution in [2.45, 2.75) is 32.2 Å². The summed E-state index contributed by atoms with van der Waals surface area (Å²) in [5, 5.41) is 0.621. The van der Waals surface area contributed by atoms with Crippen molar-refractivity contribution in [3.05, 3.63) is 28.5 Å². The lowest BCUT2D eigenvalue weighted by molar-refractivity contribution is 0.289. The number of aryl methyl sites for hydroxylation is 1. The molecule has 1 atom stereocenters. The second-order valence-corrected chi connectivity index (χ2v) is 4.77. The number of rotatable bonds is 3. The van der Waals surface area contributed by atoms with E-state index in [0.717, 1.165) is 24.9 Å². The molecule has 0 unspecified atom stereocenters. The first kappa shape index (κ1) is 12.4. The van der Waals surface area contributed by atoms with Crippen molar-refractivity contribution < 1.29 is 0 Å². The molecule has 0 amide bonds. The summed E-state index contributed by atoms with van der Waals surface area (Å²) in [5.41, 5.74) is 2.37. The first-order valence-electron chi connectivity index (χ1n) is 6.08. The van der Waals surface area contributed by atoms with E-state index in [0.29, 0.717) is 17.7 Å². The van der Waals surface area contributed by atoms with E-state index in [1.165, 1.54) is 12.0 Å². The molecule has 0 aliphatic carbocycles. The molecule has 1 saturated heterocycles. The maximum Gasteiger partial charge on any atom is 0.133 e. The van der Waals surface area contributed by atoms with Gasteiger partial charge in [0.25, 0.3) is 0 Å². The van der Waals surface area contributed by atoms with Crippen molar-refractivity contribution in [2.75, 3.05) is 13.1 Å². The number of hydrogen-bond donors (Lipinski definition) is 0. The topological polar surface area (TPSA) is 16.1 Å². The molecule has 2 nitrogen and oxygen atoms in total. The largest absolute Gasteiger partial charge is 0.285 e. The Labute approximate surface area is 108 Å². The first-order valence-corrected chi connectivity index (χ1v) is 6.46. The predicted molar refractivity (Wildman–Crippen MR) is 71.0 cm³/mol. The number of hydrogen-bond acceptors (Lipinski definition) is 2. The van der Waals surface area contributed by atoms with Crippen molar-refractivity contribution in [2.24, 2.45) is 0 Å². The Hall–Kier alpha value is -1.04. The van der Waals surface area contributed by atoms with E-state index >= 15 is 0 Å². The van der Waals surface area contributed by atoms with E-state index in [4.69, 9.17) is 18.0 Å². The molecule has 0 spiro atoms. The Morgan fingerprint density at radius 3 is 3.18 bits per heavy atom. The molecule has 0 aromatic carbocycles. The van der Waals surface area contributed by atoms with E-state index in [9.17, 15) is 0 Å². The molecule has 0 N–H and O–H groups in total. The summed E-state index contributed by atoms with van der Waals surface area (Å²) in [7, 11) is 0. The molecule has 0 radical (unpaired) electrons. The number of likely N-dealkylation sites (tertiary alicyclic amines) is 1. The van der Waals surface area contributed by atoms with Crippen LogP contribution in [0.5, 0.6) is 0 Å². The Morgan fingerprint density at radius 1 is 1.65 bits per heavy atom. The van der Waals surface area contributed by atoms with E-state index in [2.05, 4.69) is 28.8 Å². The normalized spacial score (nSPS) is 20.4. The van der Waals surface area contributed by atoms with Gasteiger partial charge in [0, 0.05) is 17.8 Å². The standard InChI is InChI=1S/C14H17ClN2/c1-3-7-17-8-5-6-13(17)12-9-11(4-2)10-16-14(12)15/h1,9-10,13H,4-8H2,2H3/t13-/m0/s1. The van der Waals surface area contributed by atoms with Crippen LogP contribution in [0, 0.1) is 12.3 Å². The highest BCUT2D eigenvalue weighted by Crippen LogP contribution is 2.35. The van der Waals surface area contributed by atoms with E-state index in [1.54, 1.807) is 0 Å². The van der Waals surface area contributed by atoms with Gasteiger partial charge in [-0.05, 0) is 37.4 Å². The zero-order chi connectivity index (χ0) is 12.3. The third kappa shape index (κ3) is 2.62. The summed E-state index contributed by atoms with van der Waals surface area (Å²) >= 11 is 6.21. The number of nitrogens with zero attached hydrogens (tertiary/aromatic N) is 2. The van der Waals surface area contributed by atoms with Crippen LogP contribution in [0.3, 0.4) is 0 Å². The summed E-state index contributed by atoms with van der Waals surface area (Å²) in [6.07, 6.45) is 10.5. The minimum atomic E-state index is 0.345. The fraction of sp³-hybridized carbons (Fsp3) is 0.500. The lowest BCUT2D eigenvalue weighted by Crippen LogP contribution is -2.24. The Bertz CT molecular complexity index is 436. The fourth-order valence-electron chi connectivity index (χ4n) is 2.42. The highest BCUT2D eigenvalue weighted by atomic mass is 35.5. The van der Waals surface area contributed by atoms with Gasteiger partial charge in [-0.1, -0.05) is 24.4 Å². The molecule has 2 rings (SSSR count). The maximum absolute atomic E-state index is 6.21. The van der Waals surface area contributed by atoms with Gasteiger partial charge in [0.2, 0.25) is 0 Å². The van der Waals surface area contributed by atoms with Gasteiger partial charge in [0.15, 0.2) is 0 Å². The molecule has 1 aliphatic rings. The Kier molecular flexibility index (Phi) is 4.04. The predicted octanol–water partition coefficient (Wildman–Crippen LogP) is 3.07. The van der Waals surface area contributed by atoms with Gasteiger partial charge in [-0.25, -0.2) is 4.98 Å². The summed E-state index contributed by atoms with van der Waals surface area (Å²) < 4.78 is 0. The van der Waals surface area contributed by atoms with Crippen molar-refractivity contribution in [1.82, 2.24) is 9.88 Å². The molecule has 1 fully saturated rings. The smallest absolute Gasteiger partial charge is 0.133 e. The summed E-state index contributed by atoms with van der Waals surface area (Å²) in [6, 6.07) is 2.52. The van der Waals surface area contributed by atoms with Crippen molar-refractivity contribution in [3.63, 3.8) is 0 Å². The van der Waals surface area contributed by atoms with Crippen LogP contribution >= 0.6 is 11.6 Å². The second-order valence-electron chi connectivity index (χ2n) is 4.41. The SMILES string of the molecule is C#CCN1CCC[C@H]1c1cc(CC)cnc1Cl. The summed E-state index contributed by atoms with van der Waals surface area (Å²) in [4.78, 5) is 6.58. The monoisotopic (exact) mass is 248 g/mol. The van der Waals surface area contributed by atoms with Crippen LogP contribution in [0.15, 0.2) is 12.3 Å². The van der Waals surface area contributed by atoms with Gasteiger partial charge in [-0.15, -0.1) is 6.42 Å². The van der Waals surface area contributed by atoms with Gasteiger partial charge in [0.05, 0.1) is 6.54 Å². The van der Waals surface area contributed by atoms with E-state index in [1.807, 2.05) is 6.20 Å². The molecule has 0 saturated carbocycles. The minimum absolute atomic E-state index is 0.345. The highest BCUT2D eigenvalue weighted by molar-refractivity contribution is 6.30. The van der Waals surface area contributed by atoms with Gasteiger partial charge in [-0.3, -0.25) is 4.90 Å². The Morgan fingerprint density at radius 2 is 2.47 bits per heavy atom. The van der Waals surface area contributed by atoms with Crippen LogP contribution in [-0.4, -0.2) is 23.0 Å². The number of halogens is 1. The average molecular weight is 249 g/mol. The molecular weight excluding hydrogens is 232 g/mol. The average Bonchev–Trinajstić information content (AvgIpc) is 2.78. The van der Waals surface area contributed by atoms with Crippen molar-refractivity contribution in [1.29, 1.82) is 0 Å². The van der Waals surface area contributed by atoms with Gasteiger partial charge in [-0.2, -0.15) is 0 Å². The maximum atomic E-state index is 6.21. The van der Waals surface area contributed by atoms with Crippen LogP contribution in [0.2, 0.25) is 5.15 Å². The van der Waals surface area contributed by atoms with E-state index < -0.39 is 0 Å². The molecule has 1 aromatic rings.